The second-order valence-electron chi connectivity index (χ2n) is 5.79. The molecule has 1 aromatic heterocycles. The number of hydrogen-bond donors (Lipinski definition) is 1. The molecule has 0 atom stereocenters. The molecule has 1 heterocycles. The third kappa shape index (κ3) is 4.37. The number of pyridine rings is 1. The maximum absolute atomic E-state index is 12.7. The first-order valence-electron chi connectivity index (χ1n) is 8.77. The van der Waals surface area contributed by atoms with Gasteiger partial charge in [0.15, 0.2) is 11.5 Å². The molecule has 0 bridgehead atoms. The van der Waals surface area contributed by atoms with E-state index in [1.807, 2.05) is 44.2 Å². The van der Waals surface area contributed by atoms with Crippen molar-refractivity contribution in [3.63, 3.8) is 0 Å². The molecule has 6 nitrogen and oxygen atoms in total. The van der Waals surface area contributed by atoms with Crippen molar-refractivity contribution in [2.75, 3.05) is 13.2 Å². The summed E-state index contributed by atoms with van der Waals surface area (Å²) in [7, 11) is -3.71. The van der Waals surface area contributed by atoms with E-state index in [1.54, 1.807) is 12.3 Å². The highest BCUT2D eigenvalue weighted by molar-refractivity contribution is 7.89. The Labute approximate surface area is 159 Å². The Hall–Kier alpha value is -2.64. The van der Waals surface area contributed by atoms with Crippen molar-refractivity contribution < 1.29 is 17.9 Å². The van der Waals surface area contributed by atoms with Gasteiger partial charge in [0.25, 0.3) is 0 Å². The number of para-hydroxylation sites is 1. The summed E-state index contributed by atoms with van der Waals surface area (Å²) >= 11 is 0. The second-order valence-corrected chi connectivity index (χ2v) is 7.56. The van der Waals surface area contributed by atoms with Gasteiger partial charge < -0.3 is 9.47 Å². The van der Waals surface area contributed by atoms with E-state index < -0.39 is 10.0 Å². The molecule has 7 heteroatoms. The highest BCUT2D eigenvalue weighted by Gasteiger charge is 2.18. The molecule has 0 spiro atoms. The van der Waals surface area contributed by atoms with Gasteiger partial charge in [0.1, 0.15) is 0 Å². The maximum atomic E-state index is 12.7. The SMILES string of the molecule is CCOc1ccc(S(=O)(=O)NCc2cccc3cccnc23)cc1OCC. The topological polar surface area (TPSA) is 77.5 Å². The summed E-state index contributed by atoms with van der Waals surface area (Å²) in [6.45, 7) is 4.73. The lowest BCUT2D eigenvalue weighted by molar-refractivity contribution is 0.287. The molecule has 3 rings (SSSR count). The predicted octanol–water partition coefficient (Wildman–Crippen LogP) is 3.51. The molecule has 0 aliphatic heterocycles. The predicted molar refractivity (Wildman–Crippen MR) is 105 cm³/mol. The van der Waals surface area contributed by atoms with Crippen molar-refractivity contribution in [3.05, 3.63) is 60.3 Å². The van der Waals surface area contributed by atoms with Gasteiger partial charge in [-0.2, -0.15) is 0 Å². The minimum Gasteiger partial charge on any atom is -0.490 e. The number of ether oxygens (including phenoxy) is 2. The first-order chi connectivity index (χ1) is 13.0. The maximum Gasteiger partial charge on any atom is 0.241 e. The monoisotopic (exact) mass is 386 g/mol. The molecule has 27 heavy (non-hydrogen) atoms. The van der Waals surface area contributed by atoms with Gasteiger partial charge in [0.2, 0.25) is 10.0 Å². The van der Waals surface area contributed by atoms with E-state index >= 15 is 0 Å². The summed E-state index contributed by atoms with van der Waals surface area (Å²) in [4.78, 5) is 4.48. The third-order valence-corrected chi connectivity index (χ3v) is 5.39. The molecule has 3 aromatic rings. The average Bonchev–Trinajstić information content (AvgIpc) is 2.68. The highest BCUT2D eigenvalue weighted by atomic mass is 32.2. The Bertz CT molecular complexity index is 1030. The van der Waals surface area contributed by atoms with E-state index in [0.717, 1.165) is 16.5 Å². The first kappa shape index (κ1) is 19.1. The number of nitrogens with one attached hydrogen (secondary N) is 1. The van der Waals surface area contributed by atoms with Crippen LogP contribution in [0.15, 0.2) is 59.6 Å². The number of aromatic nitrogens is 1. The van der Waals surface area contributed by atoms with Crippen molar-refractivity contribution in [1.29, 1.82) is 0 Å². The van der Waals surface area contributed by atoms with Gasteiger partial charge in [0, 0.05) is 24.2 Å². The number of fused-ring (bicyclic) bond motifs is 1. The Morgan fingerprint density at radius 2 is 1.70 bits per heavy atom. The molecule has 0 saturated heterocycles. The van der Waals surface area contributed by atoms with E-state index in [4.69, 9.17) is 9.47 Å². The number of hydrogen-bond acceptors (Lipinski definition) is 5. The molecular formula is C20H22N2O4S. The standard InChI is InChI=1S/C20H22N2O4S/c1-3-25-18-11-10-17(13-19(18)26-4-2)27(23,24)22-14-16-8-5-7-15-9-6-12-21-20(15)16/h5-13,22H,3-4,14H2,1-2H3. The molecule has 2 aromatic carbocycles. The molecule has 1 N–H and O–H groups in total. The molecule has 142 valence electrons. The van der Waals surface area contributed by atoms with Crippen molar-refractivity contribution >= 4 is 20.9 Å². The summed E-state index contributed by atoms with van der Waals surface area (Å²) in [6.07, 6.45) is 1.70. The lowest BCUT2D eigenvalue weighted by atomic mass is 10.1. The van der Waals surface area contributed by atoms with Crippen molar-refractivity contribution in [3.8, 4) is 11.5 Å². The quantitative estimate of drug-likeness (QED) is 0.641. The van der Waals surface area contributed by atoms with Gasteiger partial charge in [0.05, 0.1) is 23.6 Å². The largest absolute Gasteiger partial charge is 0.490 e. The molecule has 0 unspecified atom stereocenters. The smallest absolute Gasteiger partial charge is 0.241 e. The Balaban J connectivity index is 1.85. The molecule has 0 amide bonds. The summed E-state index contributed by atoms with van der Waals surface area (Å²) < 4.78 is 39.1. The van der Waals surface area contributed by atoms with Crippen molar-refractivity contribution in [2.24, 2.45) is 0 Å². The minimum atomic E-state index is -3.71. The number of rotatable bonds is 8. The van der Waals surface area contributed by atoms with Crippen LogP contribution in [0, 0.1) is 0 Å². The van der Waals surface area contributed by atoms with Crippen LogP contribution in [0.1, 0.15) is 19.4 Å². The van der Waals surface area contributed by atoms with Crippen LogP contribution in [0.2, 0.25) is 0 Å². The van der Waals surface area contributed by atoms with Crippen molar-refractivity contribution in [2.45, 2.75) is 25.3 Å². The molecule has 0 aliphatic rings. The Kier molecular flexibility index (Phi) is 5.93. The van der Waals surface area contributed by atoms with Gasteiger partial charge in [-0.15, -0.1) is 0 Å². The zero-order chi connectivity index (χ0) is 19.3. The summed E-state index contributed by atoms with van der Waals surface area (Å²) in [5.74, 6) is 0.936. The fraction of sp³-hybridized carbons (Fsp3) is 0.250. The Morgan fingerprint density at radius 1 is 0.963 bits per heavy atom. The second kappa shape index (κ2) is 8.37. The van der Waals surface area contributed by atoms with Crippen LogP contribution in [0.25, 0.3) is 10.9 Å². The lowest BCUT2D eigenvalue weighted by Crippen LogP contribution is -2.23. The number of benzene rings is 2. The van der Waals surface area contributed by atoms with Crippen LogP contribution in [-0.4, -0.2) is 26.6 Å². The van der Waals surface area contributed by atoms with E-state index in [9.17, 15) is 8.42 Å². The molecular weight excluding hydrogens is 364 g/mol. The van der Waals surface area contributed by atoms with Gasteiger partial charge in [-0.3, -0.25) is 4.98 Å². The van der Waals surface area contributed by atoms with Crippen LogP contribution in [0.4, 0.5) is 0 Å². The van der Waals surface area contributed by atoms with E-state index in [0.29, 0.717) is 24.7 Å². The molecule has 0 saturated carbocycles. The van der Waals surface area contributed by atoms with E-state index in [2.05, 4.69) is 9.71 Å². The van der Waals surface area contributed by atoms with E-state index in [1.165, 1.54) is 12.1 Å². The van der Waals surface area contributed by atoms with Gasteiger partial charge in [-0.1, -0.05) is 24.3 Å². The zero-order valence-corrected chi connectivity index (χ0v) is 16.1. The average molecular weight is 386 g/mol. The summed E-state index contributed by atoms with van der Waals surface area (Å²) in [5, 5.41) is 0.967. The Morgan fingerprint density at radius 3 is 2.48 bits per heavy atom. The summed E-state index contributed by atoms with van der Waals surface area (Å²) in [5.41, 5.74) is 1.59. The zero-order valence-electron chi connectivity index (χ0n) is 15.3. The normalized spacial score (nSPS) is 11.5. The van der Waals surface area contributed by atoms with Gasteiger partial charge in [-0.05, 0) is 37.6 Å². The summed E-state index contributed by atoms with van der Waals surface area (Å²) in [6, 6.07) is 14.1. The van der Waals surface area contributed by atoms with Crippen molar-refractivity contribution in [1.82, 2.24) is 9.71 Å². The lowest BCUT2D eigenvalue weighted by Gasteiger charge is -2.13. The van der Waals surface area contributed by atoms with Crippen LogP contribution in [0.3, 0.4) is 0 Å². The highest BCUT2D eigenvalue weighted by Crippen LogP contribution is 2.30. The van der Waals surface area contributed by atoms with Gasteiger partial charge >= 0.3 is 0 Å². The van der Waals surface area contributed by atoms with Crippen LogP contribution < -0.4 is 14.2 Å². The molecule has 0 aliphatic carbocycles. The fourth-order valence-corrected chi connectivity index (χ4v) is 3.79. The van der Waals surface area contributed by atoms with Crippen LogP contribution >= 0.6 is 0 Å². The number of sulfonamides is 1. The van der Waals surface area contributed by atoms with Crippen LogP contribution in [0.5, 0.6) is 11.5 Å². The number of nitrogens with zero attached hydrogens (tertiary/aromatic N) is 1. The van der Waals surface area contributed by atoms with E-state index in [-0.39, 0.29) is 11.4 Å². The third-order valence-electron chi connectivity index (χ3n) is 3.99. The van der Waals surface area contributed by atoms with Gasteiger partial charge in [-0.25, -0.2) is 13.1 Å². The van der Waals surface area contributed by atoms with Crippen LogP contribution in [-0.2, 0) is 16.6 Å². The molecule has 0 radical (unpaired) electrons. The fourth-order valence-electron chi connectivity index (χ4n) is 2.76. The molecule has 0 fully saturated rings. The minimum absolute atomic E-state index is 0.127. The first-order valence-corrected chi connectivity index (χ1v) is 10.3.